The van der Waals surface area contributed by atoms with Crippen molar-refractivity contribution in [3.05, 3.63) is 0 Å². The van der Waals surface area contributed by atoms with Crippen LogP contribution >= 0.6 is 0 Å². The Kier molecular flexibility index (Phi) is 11.9. The third-order valence-corrected chi connectivity index (χ3v) is 10.3. The Morgan fingerprint density at radius 1 is 0.704 bits per heavy atom. The van der Waals surface area contributed by atoms with Crippen molar-refractivity contribution < 1.29 is 40.4 Å². The Hall–Kier alpha value is 0.0138. The molecule has 0 aromatic carbocycles. The lowest BCUT2D eigenvalue weighted by atomic mass is 9.91. The minimum atomic E-state index is -3.07. The average Bonchev–Trinajstić information content (AvgIpc) is 2.63. The highest BCUT2D eigenvalue weighted by atomic mass is 28.4. The lowest BCUT2D eigenvalue weighted by Gasteiger charge is -2.31. The molecule has 0 radical (unpaired) electrons. The first-order valence-corrected chi connectivity index (χ1v) is 12.8. The molecular weight excluding hydrogens is 398 g/mol. The maximum Gasteiger partial charge on any atom is 0.500 e. The Balaban J connectivity index is 4.54. The lowest BCUT2D eigenvalue weighted by Crippen LogP contribution is -2.44. The molecule has 0 aliphatic heterocycles. The summed E-state index contributed by atoms with van der Waals surface area (Å²) in [6.07, 6.45) is 0.337. The summed E-state index contributed by atoms with van der Waals surface area (Å²) in [5.74, 6) is -3.05. The maximum atomic E-state index is 14.4. The predicted octanol–water partition coefficient (Wildman–Crippen LogP) is 3.08. The van der Waals surface area contributed by atoms with Gasteiger partial charge in [-0.3, -0.25) is 0 Å². The molecule has 1 unspecified atom stereocenters. The van der Waals surface area contributed by atoms with Gasteiger partial charge in [0.15, 0.2) is 0 Å². The van der Waals surface area contributed by atoms with Gasteiger partial charge in [-0.25, -0.2) is 8.78 Å². The van der Waals surface area contributed by atoms with Crippen molar-refractivity contribution in [1.29, 1.82) is 0 Å². The smallest absolute Gasteiger partial charge is 0.390 e. The quantitative estimate of drug-likeness (QED) is 0.295. The lowest BCUT2D eigenvalue weighted by molar-refractivity contribution is -0.0888. The number of rotatable bonds is 16. The number of halogens is 2. The van der Waals surface area contributed by atoms with E-state index >= 15 is 0 Å². The van der Waals surface area contributed by atoms with Crippen LogP contribution in [0.1, 0.15) is 39.0 Å². The average molecular weight is 435 g/mol. The molecule has 1 N–H and O–H groups in total. The fourth-order valence-electron chi connectivity index (χ4n) is 3.03. The van der Waals surface area contributed by atoms with Crippen molar-refractivity contribution in [2.24, 2.45) is 0 Å². The SMILES string of the molecule is CO[Si](CCCCC(C)(O)CC(F)(F)CC[Si](OC)(OC)OC)(OC)OC. The minimum Gasteiger partial charge on any atom is -0.390 e. The summed E-state index contributed by atoms with van der Waals surface area (Å²) >= 11 is 0. The van der Waals surface area contributed by atoms with Crippen LogP contribution in [0, 0.1) is 0 Å². The third kappa shape index (κ3) is 9.37. The van der Waals surface area contributed by atoms with E-state index in [2.05, 4.69) is 0 Å². The van der Waals surface area contributed by atoms with Crippen molar-refractivity contribution in [2.75, 3.05) is 42.7 Å². The van der Waals surface area contributed by atoms with Gasteiger partial charge in [-0.05, 0) is 19.8 Å². The summed E-state index contributed by atoms with van der Waals surface area (Å²) in [7, 11) is 3.00. The van der Waals surface area contributed by atoms with E-state index in [1.807, 2.05) is 0 Å². The first-order chi connectivity index (χ1) is 12.5. The first kappa shape index (κ1) is 27.0. The van der Waals surface area contributed by atoms with Crippen molar-refractivity contribution in [2.45, 2.75) is 62.6 Å². The molecule has 0 saturated carbocycles. The van der Waals surface area contributed by atoms with Gasteiger partial charge in [-0.1, -0.05) is 6.42 Å². The van der Waals surface area contributed by atoms with Crippen LogP contribution < -0.4 is 0 Å². The zero-order valence-corrected chi connectivity index (χ0v) is 19.6. The van der Waals surface area contributed by atoms with E-state index in [1.54, 1.807) is 0 Å². The predicted molar refractivity (Wildman–Crippen MR) is 102 cm³/mol. The van der Waals surface area contributed by atoms with Gasteiger partial charge in [-0.2, -0.15) is 0 Å². The second-order valence-corrected chi connectivity index (χ2v) is 13.0. The van der Waals surface area contributed by atoms with Crippen molar-refractivity contribution >= 4 is 17.6 Å². The van der Waals surface area contributed by atoms with E-state index < -0.39 is 42.0 Å². The topological polar surface area (TPSA) is 75.6 Å². The first-order valence-electron chi connectivity index (χ1n) is 8.90. The van der Waals surface area contributed by atoms with Gasteiger partial charge in [0.2, 0.25) is 0 Å². The van der Waals surface area contributed by atoms with Gasteiger partial charge in [0.1, 0.15) is 0 Å². The van der Waals surface area contributed by atoms with Crippen LogP contribution in [-0.4, -0.2) is 76.9 Å². The van der Waals surface area contributed by atoms with E-state index in [-0.39, 0.29) is 12.5 Å². The highest BCUT2D eigenvalue weighted by Gasteiger charge is 2.45. The van der Waals surface area contributed by atoms with Gasteiger partial charge in [-0.15, -0.1) is 0 Å². The molecule has 0 heterocycles. The van der Waals surface area contributed by atoms with Crippen LogP contribution in [0.5, 0.6) is 0 Å². The van der Waals surface area contributed by atoms with Crippen LogP contribution in [-0.2, 0) is 26.6 Å². The summed E-state index contributed by atoms with van der Waals surface area (Å²) in [5, 5.41) is 10.4. The zero-order valence-electron chi connectivity index (χ0n) is 17.6. The molecule has 164 valence electrons. The van der Waals surface area contributed by atoms with Gasteiger partial charge in [0.25, 0.3) is 5.92 Å². The fourth-order valence-corrected chi connectivity index (χ4v) is 6.61. The Morgan fingerprint density at radius 3 is 1.52 bits per heavy atom. The van der Waals surface area contributed by atoms with E-state index in [1.165, 1.54) is 49.6 Å². The molecule has 0 aromatic rings. The third-order valence-electron chi connectivity index (χ3n) is 4.75. The monoisotopic (exact) mass is 434 g/mol. The largest absolute Gasteiger partial charge is 0.500 e. The van der Waals surface area contributed by atoms with Crippen LogP contribution in [0.15, 0.2) is 0 Å². The van der Waals surface area contributed by atoms with Gasteiger partial charge in [0.05, 0.1) is 5.60 Å². The second kappa shape index (κ2) is 11.9. The van der Waals surface area contributed by atoms with E-state index in [4.69, 9.17) is 26.6 Å². The molecular formula is C16H36F2O7Si2. The minimum absolute atomic E-state index is 0.0246. The van der Waals surface area contributed by atoms with Crippen molar-refractivity contribution in [3.63, 3.8) is 0 Å². The molecule has 0 aliphatic carbocycles. The highest BCUT2D eigenvalue weighted by molar-refractivity contribution is 6.60. The molecule has 7 nitrogen and oxygen atoms in total. The molecule has 11 heteroatoms. The number of alkyl halides is 2. The summed E-state index contributed by atoms with van der Waals surface area (Å²) in [5.41, 5.74) is -1.49. The van der Waals surface area contributed by atoms with Gasteiger partial charge >= 0.3 is 17.6 Å². The molecule has 0 saturated heterocycles. The molecule has 0 spiro atoms. The van der Waals surface area contributed by atoms with Crippen LogP contribution in [0.2, 0.25) is 12.1 Å². The molecule has 0 aromatic heterocycles. The van der Waals surface area contributed by atoms with Crippen LogP contribution in [0.3, 0.4) is 0 Å². The number of hydrogen-bond acceptors (Lipinski definition) is 7. The molecule has 27 heavy (non-hydrogen) atoms. The second-order valence-electron chi connectivity index (χ2n) is 6.83. The molecule has 0 amide bonds. The van der Waals surface area contributed by atoms with Gasteiger partial charge in [0, 0.05) is 67.6 Å². The van der Waals surface area contributed by atoms with Crippen LogP contribution in [0.4, 0.5) is 8.78 Å². The molecule has 0 aliphatic rings. The Morgan fingerprint density at radius 2 is 1.11 bits per heavy atom. The Bertz CT molecular complexity index is 390. The number of hydrogen-bond donors (Lipinski definition) is 1. The van der Waals surface area contributed by atoms with E-state index in [9.17, 15) is 13.9 Å². The van der Waals surface area contributed by atoms with Crippen molar-refractivity contribution in [1.82, 2.24) is 0 Å². The summed E-state index contributed by atoms with van der Waals surface area (Å²) in [6, 6.07) is 0.538. The molecule has 0 bridgehead atoms. The standard InChI is InChI=1S/C16H36F2O7Si2/c1-15(19,10-8-9-12-26(20-2,21-3)22-4)14-16(17,18)11-13-27(23-5,24-6)25-7/h19H,8-14H2,1-7H3. The normalized spacial score (nSPS) is 15.8. The summed E-state index contributed by atoms with van der Waals surface area (Å²) in [6.45, 7) is 1.43. The number of unbranched alkanes of at least 4 members (excludes halogenated alkanes) is 1. The van der Waals surface area contributed by atoms with E-state index in [0.717, 1.165) is 0 Å². The number of aliphatic hydroxyl groups is 1. The highest BCUT2D eigenvalue weighted by Crippen LogP contribution is 2.35. The fraction of sp³-hybridized carbons (Fsp3) is 1.00. The maximum absolute atomic E-state index is 14.4. The Labute approximate surface area is 164 Å². The molecule has 0 fully saturated rings. The summed E-state index contributed by atoms with van der Waals surface area (Å²) in [4.78, 5) is 0. The van der Waals surface area contributed by atoms with Crippen LogP contribution in [0.25, 0.3) is 0 Å². The van der Waals surface area contributed by atoms with Crippen molar-refractivity contribution in [3.8, 4) is 0 Å². The molecule has 0 rings (SSSR count). The molecule has 1 atom stereocenters. The van der Waals surface area contributed by atoms with E-state index in [0.29, 0.717) is 18.9 Å². The summed E-state index contributed by atoms with van der Waals surface area (Å²) < 4.78 is 60.2. The van der Waals surface area contributed by atoms with Gasteiger partial charge < -0.3 is 31.7 Å². The zero-order chi connectivity index (χ0) is 21.2.